The quantitative estimate of drug-likeness (QED) is 0.603. The van der Waals surface area contributed by atoms with Crippen molar-refractivity contribution in [2.75, 3.05) is 13.2 Å². The molecule has 0 spiro atoms. The Morgan fingerprint density at radius 3 is 2.82 bits per heavy atom. The second kappa shape index (κ2) is 7.72. The van der Waals surface area contributed by atoms with Crippen molar-refractivity contribution in [1.82, 2.24) is 14.9 Å². The summed E-state index contributed by atoms with van der Waals surface area (Å²) in [5.41, 5.74) is 5.47. The molecule has 0 saturated carbocycles. The molecule has 1 aliphatic heterocycles. The molecule has 172 valence electrons. The number of carbonyl (C=O) groups is 2. The summed E-state index contributed by atoms with van der Waals surface area (Å²) in [7, 11) is 0. The maximum atomic E-state index is 13.6. The lowest BCUT2D eigenvalue weighted by molar-refractivity contribution is -0.143. The number of nitrogens with zero attached hydrogens (tertiary/aromatic N) is 2. The molecule has 1 fully saturated rings. The van der Waals surface area contributed by atoms with Gasteiger partial charge in [0.2, 0.25) is 5.91 Å². The number of ether oxygens (including phenoxy) is 1. The first-order valence-corrected chi connectivity index (χ1v) is 11.8. The van der Waals surface area contributed by atoms with Gasteiger partial charge in [0.15, 0.2) is 0 Å². The summed E-state index contributed by atoms with van der Waals surface area (Å²) < 4.78 is 5.36. The molecule has 0 radical (unpaired) electrons. The van der Waals surface area contributed by atoms with E-state index >= 15 is 0 Å². The number of H-pyrrole nitrogens is 1. The Labute approximate surface area is 194 Å². The molecule has 3 aromatic rings. The van der Waals surface area contributed by atoms with E-state index < -0.39 is 0 Å². The molecule has 6 heteroatoms. The third-order valence-corrected chi connectivity index (χ3v) is 8.31. The summed E-state index contributed by atoms with van der Waals surface area (Å²) in [6, 6.07) is 11.9. The van der Waals surface area contributed by atoms with Crippen molar-refractivity contribution in [3.63, 3.8) is 0 Å². The zero-order valence-electron chi connectivity index (χ0n) is 19.8. The van der Waals surface area contributed by atoms with Crippen molar-refractivity contribution in [3.05, 3.63) is 65.0 Å². The van der Waals surface area contributed by atoms with Gasteiger partial charge in [0.05, 0.1) is 36.0 Å². The van der Waals surface area contributed by atoms with E-state index in [2.05, 4.69) is 41.7 Å². The summed E-state index contributed by atoms with van der Waals surface area (Å²) in [6.07, 6.45) is 3.55. The minimum Gasteiger partial charge on any atom is -0.462 e. The molecular formula is C27H31N3O3. The fourth-order valence-corrected chi connectivity index (χ4v) is 6.01. The van der Waals surface area contributed by atoms with Gasteiger partial charge in [-0.2, -0.15) is 0 Å². The summed E-state index contributed by atoms with van der Waals surface area (Å²) in [6.45, 7) is 9.73. The summed E-state index contributed by atoms with van der Waals surface area (Å²) in [5, 5.41) is 0. The highest BCUT2D eigenvalue weighted by Gasteiger charge is 2.57. The smallest absolute Gasteiger partial charge is 0.338 e. The molecule has 1 aromatic heterocycles. The van der Waals surface area contributed by atoms with Gasteiger partial charge in [-0.3, -0.25) is 4.79 Å². The van der Waals surface area contributed by atoms with Crippen LogP contribution in [0, 0.1) is 5.41 Å². The van der Waals surface area contributed by atoms with Crippen molar-refractivity contribution < 1.29 is 14.3 Å². The zero-order chi connectivity index (χ0) is 23.4. The predicted octanol–water partition coefficient (Wildman–Crippen LogP) is 4.42. The molecule has 1 N–H and O–H groups in total. The van der Waals surface area contributed by atoms with Crippen LogP contribution >= 0.6 is 0 Å². The molecule has 2 atom stereocenters. The maximum absolute atomic E-state index is 13.6. The highest BCUT2D eigenvalue weighted by Crippen LogP contribution is 2.56. The van der Waals surface area contributed by atoms with Crippen molar-refractivity contribution >= 4 is 22.9 Å². The number of benzene rings is 2. The van der Waals surface area contributed by atoms with E-state index in [1.54, 1.807) is 6.33 Å². The third kappa shape index (κ3) is 3.26. The number of aromatic nitrogens is 2. The minimum atomic E-state index is -0.276. The normalized spacial score (nSPS) is 23.3. The monoisotopic (exact) mass is 445 g/mol. The number of likely N-dealkylation sites (tertiary alicyclic amines) is 1. The average molecular weight is 446 g/mol. The van der Waals surface area contributed by atoms with Crippen LogP contribution in [0.2, 0.25) is 0 Å². The van der Waals surface area contributed by atoms with Crippen LogP contribution in [0.15, 0.2) is 42.7 Å². The van der Waals surface area contributed by atoms with Crippen LogP contribution in [0.1, 0.15) is 61.2 Å². The van der Waals surface area contributed by atoms with E-state index in [-0.39, 0.29) is 28.7 Å². The highest BCUT2D eigenvalue weighted by atomic mass is 16.5. The second-order valence-electron chi connectivity index (χ2n) is 10.1. The summed E-state index contributed by atoms with van der Waals surface area (Å²) in [4.78, 5) is 35.8. The van der Waals surface area contributed by atoms with Gasteiger partial charge in [0.25, 0.3) is 0 Å². The fourth-order valence-electron chi connectivity index (χ4n) is 6.01. The van der Waals surface area contributed by atoms with E-state index in [0.717, 1.165) is 35.1 Å². The van der Waals surface area contributed by atoms with Crippen molar-refractivity contribution in [2.45, 2.75) is 58.4 Å². The predicted molar refractivity (Wildman–Crippen MR) is 127 cm³/mol. The van der Waals surface area contributed by atoms with E-state index in [1.165, 1.54) is 5.56 Å². The highest BCUT2D eigenvalue weighted by molar-refractivity contribution is 5.92. The lowest BCUT2D eigenvalue weighted by Crippen LogP contribution is -2.65. The zero-order valence-corrected chi connectivity index (χ0v) is 19.8. The Kier molecular flexibility index (Phi) is 5.07. The van der Waals surface area contributed by atoms with Gasteiger partial charge in [0.1, 0.15) is 0 Å². The Morgan fingerprint density at radius 1 is 1.21 bits per heavy atom. The van der Waals surface area contributed by atoms with Crippen LogP contribution in [0.4, 0.5) is 0 Å². The Morgan fingerprint density at radius 2 is 2.03 bits per heavy atom. The Hall–Kier alpha value is -3.15. The average Bonchev–Trinajstić information content (AvgIpc) is 3.24. The third-order valence-electron chi connectivity index (χ3n) is 8.31. The first-order valence-electron chi connectivity index (χ1n) is 11.8. The number of amides is 1. The number of nitrogens with one attached hydrogen (secondary N) is 1. The van der Waals surface area contributed by atoms with Crippen LogP contribution in [0.3, 0.4) is 0 Å². The molecule has 2 bridgehead atoms. The van der Waals surface area contributed by atoms with Crippen molar-refractivity contribution in [3.8, 4) is 0 Å². The Balaban J connectivity index is 1.49. The number of aromatic amines is 1. The van der Waals surface area contributed by atoms with Gasteiger partial charge in [0, 0.05) is 18.0 Å². The topological polar surface area (TPSA) is 75.3 Å². The number of hydrogen-bond donors (Lipinski definition) is 1. The van der Waals surface area contributed by atoms with Gasteiger partial charge < -0.3 is 14.6 Å². The molecule has 2 aliphatic rings. The van der Waals surface area contributed by atoms with E-state index in [0.29, 0.717) is 25.0 Å². The number of imidazole rings is 1. The molecule has 33 heavy (non-hydrogen) atoms. The number of piperidine rings is 1. The van der Waals surface area contributed by atoms with Crippen LogP contribution in [-0.4, -0.2) is 45.9 Å². The van der Waals surface area contributed by atoms with Gasteiger partial charge in [-0.25, -0.2) is 9.78 Å². The molecule has 1 amide bonds. The van der Waals surface area contributed by atoms with Gasteiger partial charge in [-0.05, 0) is 60.1 Å². The number of esters is 1. The lowest BCUT2D eigenvalue weighted by Gasteiger charge is -2.61. The van der Waals surface area contributed by atoms with Gasteiger partial charge in [-0.1, -0.05) is 39.0 Å². The van der Waals surface area contributed by atoms with E-state index in [4.69, 9.17) is 4.74 Å². The standard InChI is InChI=1S/C27H31N3O3/c1-5-33-25(32)18-7-6-8-20-19(18)15-23-26(2,3)27(20,4)11-12-30(23)24(31)14-17-9-10-21-22(13-17)29-16-28-21/h6-10,13,16,23H,5,11-12,14-15H2,1-4H3,(H,28,29)/t23-,27+/m1/s1. The molecule has 1 saturated heterocycles. The minimum absolute atomic E-state index is 0.0164. The Bertz CT molecular complexity index is 1240. The first kappa shape index (κ1) is 21.7. The molecular weight excluding hydrogens is 414 g/mol. The fraction of sp³-hybridized carbons (Fsp3) is 0.444. The van der Waals surface area contributed by atoms with Crippen LogP contribution in [-0.2, 0) is 27.8 Å². The van der Waals surface area contributed by atoms with Crippen LogP contribution in [0.5, 0.6) is 0 Å². The number of rotatable bonds is 4. The molecule has 2 heterocycles. The first-order chi connectivity index (χ1) is 15.8. The summed E-state index contributed by atoms with van der Waals surface area (Å²) in [5.74, 6) is -0.146. The number of carbonyl (C=O) groups excluding carboxylic acids is 2. The van der Waals surface area contributed by atoms with Crippen LogP contribution < -0.4 is 0 Å². The molecule has 5 rings (SSSR count). The largest absolute Gasteiger partial charge is 0.462 e. The van der Waals surface area contributed by atoms with Crippen molar-refractivity contribution in [1.29, 1.82) is 0 Å². The van der Waals surface area contributed by atoms with E-state index in [1.807, 2.05) is 37.3 Å². The van der Waals surface area contributed by atoms with Crippen molar-refractivity contribution in [2.24, 2.45) is 5.41 Å². The van der Waals surface area contributed by atoms with Gasteiger partial charge in [-0.15, -0.1) is 0 Å². The maximum Gasteiger partial charge on any atom is 0.338 e. The summed E-state index contributed by atoms with van der Waals surface area (Å²) >= 11 is 0. The van der Waals surface area contributed by atoms with Gasteiger partial charge >= 0.3 is 5.97 Å². The lowest BCUT2D eigenvalue weighted by atomic mass is 9.50. The number of hydrogen-bond acceptors (Lipinski definition) is 4. The number of fused-ring (bicyclic) bond motifs is 5. The second-order valence-corrected chi connectivity index (χ2v) is 10.1. The molecule has 0 unspecified atom stereocenters. The van der Waals surface area contributed by atoms with Crippen LogP contribution in [0.25, 0.3) is 11.0 Å². The SMILES string of the molecule is CCOC(=O)c1cccc2c1C[C@H]1N(C(=O)Cc3ccc4nc[nH]c4c3)CC[C@]2(C)C1(C)C. The van der Waals surface area contributed by atoms with E-state index in [9.17, 15) is 9.59 Å². The molecule has 6 nitrogen and oxygen atoms in total. The molecule has 2 aromatic carbocycles. The molecule has 1 aliphatic carbocycles.